The van der Waals surface area contributed by atoms with Crippen LogP contribution in [0.25, 0.3) is 22.5 Å². The van der Waals surface area contributed by atoms with E-state index in [1.54, 1.807) is 19.3 Å². The van der Waals surface area contributed by atoms with Crippen molar-refractivity contribution in [1.82, 2.24) is 15.1 Å². The summed E-state index contributed by atoms with van der Waals surface area (Å²) in [5.74, 6) is 0.874. The minimum absolute atomic E-state index is 0.0956. The Kier molecular flexibility index (Phi) is 7.33. The first-order valence-corrected chi connectivity index (χ1v) is 13.3. The van der Waals surface area contributed by atoms with Gasteiger partial charge < -0.3 is 9.26 Å². The zero-order valence-electron chi connectivity index (χ0n) is 20.8. The van der Waals surface area contributed by atoms with Gasteiger partial charge in [-0.3, -0.25) is 0 Å². The molecule has 3 aromatic rings. The number of carbonyl (C=O) groups is 1. The molecular weight excluding hydrogens is 549 g/mol. The van der Waals surface area contributed by atoms with Crippen LogP contribution in [-0.2, 0) is 15.1 Å². The molecule has 2 aliphatic rings. The van der Waals surface area contributed by atoms with Crippen LogP contribution < -0.4 is 0 Å². The Labute approximate surface area is 235 Å². The Morgan fingerprint density at radius 1 is 1.08 bits per heavy atom. The van der Waals surface area contributed by atoms with Gasteiger partial charge in [-0.15, -0.1) is 0 Å². The lowest BCUT2D eigenvalue weighted by atomic mass is 9.98. The third-order valence-corrected chi connectivity index (χ3v) is 6.82. The molecular formula is C27H25Cl3N5O3+. The van der Waals surface area contributed by atoms with E-state index in [2.05, 4.69) is 22.1 Å². The summed E-state index contributed by atoms with van der Waals surface area (Å²) in [6.45, 7) is 4.69. The predicted molar refractivity (Wildman–Crippen MR) is 147 cm³/mol. The highest BCUT2D eigenvalue weighted by molar-refractivity contribution is 6.66. The van der Waals surface area contributed by atoms with E-state index in [-0.39, 0.29) is 23.2 Å². The molecule has 1 unspecified atom stereocenters. The average molecular weight is 574 g/mol. The number of rotatable bonds is 7. The molecule has 1 aromatic heterocycles. The SMILES string of the molecule is CCCC1=CC2=NC=C[N+]2(C(=O)OCC)N1Cc1ccc(-c2ccccc2-c2noc(C(Cl)(Cl)Cl)n2)cc1. The number of amidine groups is 1. The molecule has 196 valence electrons. The summed E-state index contributed by atoms with van der Waals surface area (Å²) in [6, 6.07) is 15.8. The number of hydrogen-bond donors (Lipinski definition) is 0. The quantitative estimate of drug-likeness (QED) is 0.215. The number of fused-ring (bicyclic) bond motifs is 1. The second-order valence-electron chi connectivity index (χ2n) is 8.78. The van der Waals surface area contributed by atoms with Crippen LogP contribution in [0, 0.1) is 0 Å². The van der Waals surface area contributed by atoms with Crippen molar-refractivity contribution in [2.75, 3.05) is 6.61 Å². The maximum Gasteiger partial charge on any atom is 0.553 e. The van der Waals surface area contributed by atoms with Gasteiger partial charge in [-0.25, -0.2) is 5.01 Å². The molecule has 0 bridgehead atoms. The Balaban J connectivity index is 1.44. The highest BCUT2D eigenvalue weighted by Crippen LogP contribution is 2.40. The van der Waals surface area contributed by atoms with E-state index in [1.165, 1.54) is 0 Å². The Morgan fingerprint density at radius 2 is 1.82 bits per heavy atom. The lowest BCUT2D eigenvalue weighted by molar-refractivity contribution is -0.834. The van der Waals surface area contributed by atoms with E-state index in [4.69, 9.17) is 44.1 Å². The third kappa shape index (κ3) is 4.73. The lowest BCUT2D eigenvalue weighted by Crippen LogP contribution is -2.57. The summed E-state index contributed by atoms with van der Waals surface area (Å²) in [5.41, 5.74) is 4.66. The van der Waals surface area contributed by atoms with Gasteiger partial charge in [0.15, 0.2) is 6.20 Å². The fourth-order valence-corrected chi connectivity index (χ4v) is 4.85. The van der Waals surface area contributed by atoms with Crippen LogP contribution in [0.5, 0.6) is 0 Å². The summed E-state index contributed by atoms with van der Waals surface area (Å²) in [5, 5.41) is 6.05. The zero-order valence-corrected chi connectivity index (χ0v) is 23.0. The van der Waals surface area contributed by atoms with Crippen LogP contribution in [0.1, 0.15) is 38.1 Å². The maximum atomic E-state index is 13.2. The molecule has 0 spiro atoms. The van der Waals surface area contributed by atoms with Crippen LogP contribution in [0.3, 0.4) is 0 Å². The van der Waals surface area contributed by atoms with Crippen molar-refractivity contribution >= 4 is 46.7 Å². The number of ether oxygens (including phenoxy) is 1. The number of hydrogen-bond acceptors (Lipinski definition) is 7. The number of allylic oxidation sites excluding steroid dienone is 1. The number of benzene rings is 2. The second kappa shape index (κ2) is 10.5. The molecule has 0 N–H and O–H groups in total. The molecule has 8 nitrogen and oxygen atoms in total. The van der Waals surface area contributed by atoms with Crippen LogP contribution in [-0.4, -0.2) is 38.3 Å². The third-order valence-electron chi connectivity index (χ3n) is 6.33. The van der Waals surface area contributed by atoms with Gasteiger partial charge in [0.25, 0.3) is 15.5 Å². The van der Waals surface area contributed by atoms with Crippen LogP contribution in [0.4, 0.5) is 4.79 Å². The Hall–Kier alpha value is -3.17. The monoisotopic (exact) mass is 572 g/mol. The van der Waals surface area contributed by atoms with Crippen LogP contribution >= 0.6 is 34.8 Å². The van der Waals surface area contributed by atoms with E-state index in [9.17, 15) is 4.79 Å². The topological polar surface area (TPSA) is 80.8 Å². The number of aliphatic imine (C=N–C) groups is 1. The molecule has 0 radical (unpaired) electrons. The van der Waals surface area contributed by atoms with Gasteiger partial charge in [-0.2, -0.15) is 14.8 Å². The van der Waals surface area contributed by atoms with E-state index >= 15 is 0 Å². The molecule has 0 fully saturated rings. The van der Waals surface area contributed by atoms with Crippen LogP contribution in [0.15, 0.2) is 82.2 Å². The number of halogens is 3. The summed E-state index contributed by atoms with van der Waals surface area (Å²) in [6.07, 6.45) is 6.80. The molecule has 2 aromatic carbocycles. The first-order chi connectivity index (χ1) is 18.3. The lowest BCUT2D eigenvalue weighted by Gasteiger charge is -2.34. The number of carbonyl (C=O) groups excluding carboxylic acids is 1. The van der Waals surface area contributed by atoms with Gasteiger partial charge in [0.05, 0.1) is 25.0 Å². The number of aromatic nitrogens is 2. The number of quaternary nitrogens is 1. The van der Waals surface area contributed by atoms with Gasteiger partial charge in [-0.1, -0.05) is 102 Å². The second-order valence-corrected chi connectivity index (χ2v) is 11.1. The molecule has 0 aliphatic carbocycles. The molecule has 1 atom stereocenters. The van der Waals surface area contributed by atoms with Crippen molar-refractivity contribution in [3.8, 4) is 22.5 Å². The van der Waals surface area contributed by atoms with E-state index in [0.29, 0.717) is 18.2 Å². The number of alkyl halides is 3. The van der Waals surface area contributed by atoms with E-state index < -0.39 is 3.79 Å². The van der Waals surface area contributed by atoms with Crippen molar-refractivity contribution in [2.45, 2.75) is 37.0 Å². The Morgan fingerprint density at radius 3 is 2.47 bits per heavy atom. The van der Waals surface area contributed by atoms with Crippen molar-refractivity contribution < 1.29 is 18.6 Å². The van der Waals surface area contributed by atoms with Crippen molar-refractivity contribution in [1.29, 1.82) is 0 Å². The highest BCUT2D eigenvalue weighted by Gasteiger charge is 2.55. The standard InChI is InChI=1S/C27H25Cl3N5O3/c1-3-7-20-16-23-31-14-15-35(23,26(36)37-4-2)34(20)17-18-10-12-19(13-11-18)21-8-5-6-9-22(21)24-32-25(38-33-24)27(28,29)30/h5-6,8-16H,3-4,7,17H2,1-2H3/q+1. The fourth-order valence-electron chi connectivity index (χ4n) is 4.62. The minimum atomic E-state index is -1.80. The molecule has 2 aliphatic heterocycles. The molecule has 5 rings (SSSR count). The van der Waals surface area contributed by atoms with E-state index in [0.717, 1.165) is 40.8 Å². The summed E-state index contributed by atoms with van der Waals surface area (Å²) in [4.78, 5) is 21.9. The normalized spacial score (nSPS) is 18.4. The average Bonchev–Trinajstić information content (AvgIpc) is 3.61. The summed E-state index contributed by atoms with van der Waals surface area (Å²) in [7, 11) is 0. The Bertz CT molecular complexity index is 1440. The first kappa shape index (κ1) is 26.4. The van der Waals surface area contributed by atoms with E-state index in [1.807, 2.05) is 59.6 Å². The summed E-state index contributed by atoms with van der Waals surface area (Å²) >= 11 is 17.7. The largest absolute Gasteiger partial charge is 0.553 e. The molecule has 0 saturated carbocycles. The summed E-state index contributed by atoms with van der Waals surface area (Å²) < 4.78 is 8.63. The fraction of sp³-hybridized carbons (Fsp3) is 0.259. The van der Waals surface area contributed by atoms with Gasteiger partial charge >= 0.3 is 6.09 Å². The van der Waals surface area contributed by atoms with Crippen molar-refractivity contribution in [3.05, 3.63) is 84.2 Å². The molecule has 11 heteroatoms. The van der Waals surface area contributed by atoms with Crippen molar-refractivity contribution in [2.24, 2.45) is 4.99 Å². The van der Waals surface area contributed by atoms with Gasteiger partial charge in [0.1, 0.15) is 0 Å². The number of amides is 1. The first-order valence-electron chi connectivity index (χ1n) is 12.2. The smallest absolute Gasteiger partial charge is 0.418 e. The van der Waals surface area contributed by atoms with Crippen LogP contribution in [0.2, 0.25) is 0 Å². The van der Waals surface area contributed by atoms with Gasteiger partial charge in [0, 0.05) is 11.6 Å². The molecule has 0 saturated heterocycles. The highest BCUT2D eigenvalue weighted by atomic mass is 35.6. The molecule has 3 heterocycles. The number of nitrogens with zero attached hydrogens (tertiary/aromatic N) is 5. The zero-order chi connectivity index (χ0) is 26.9. The predicted octanol–water partition coefficient (Wildman–Crippen LogP) is 7.50. The molecule has 38 heavy (non-hydrogen) atoms. The van der Waals surface area contributed by atoms with Crippen molar-refractivity contribution in [3.63, 3.8) is 0 Å². The van der Waals surface area contributed by atoms with Gasteiger partial charge in [-0.05, 0) is 34.6 Å². The van der Waals surface area contributed by atoms with Gasteiger partial charge in [0.2, 0.25) is 5.82 Å². The maximum absolute atomic E-state index is 13.2. The molecule has 1 amide bonds. The minimum Gasteiger partial charge on any atom is -0.418 e.